The van der Waals surface area contributed by atoms with E-state index in [0.717, 1.165) is 0 Å². The summed E-state index contributed by atoms with van der Waals surface area (Å²) >= 11 is 0. The van der Waals surface area contributed by atoms with Crippen LogP contribution >= 0.6 is 0 Å². The van der Waals surface area contributed by atoms with E-state index in [1.807, 2.05) is 0 Å². The normalized spacial score (nSPS) is 0.857. The smallest absolute Gasteiger partial charge is 3.00 e. The fraction of sp³-hybridized carbons (Fsp3) is 0. The molecule has 0 aliphatic rings. The maximum absolute atomic E-state index is 7.50. The van der Waals surface area contributed by atoms with E-state index in [9.17, 15) is 0 Å². The first-order valence-electron chi connectivity index (χ1n) is 0.612. The van der Waals surface area contributed by atoms with Gasteiger partial charge in [0.05, 0.1) is 0 Å². The summed E-state index contributed by atoms with van der Waals surface area (Å²) in [7, 11) is 0. The molecule has 0 heterocycles. The standard InChI is InChI=1S/3CO.Cr/c3*1-2;/q;;;+3. The molecule has 4 heteroatoms. The molecule has 0 saturated heterocycles. The third-order valence-electron chi connectivity index (χ3n) is 0. The SMILES string of the molecule is [C-]#[O+].[C-]#[O+].[C-]#[O+].[Cr+3]. The number of hydrogen-bond donors (Lipinski definition) is 0. The van der Waals surface area contributed by atoms with Crippen LogP contribution in [0.1, 0.15) is 0 Å². The Hall–Kier alpha value is -0.248. The second-order valence-corrected chi connectivity index (χ2v) is 0. The third-order valence-corrected chi connectivity index (χ3v) is 0. The van der Waals surface area contributed by atoms with Crippen LogP contribution in [-0.2, 0) is 31.3 Å². The molecule has 33 valence electrons. The van der Waals surface area contributed by atoms with Crippen LogP contribution in [0.5, 0.6) is 0 Å². The largest absolute Gasteiger partial charge is 3.00 e. The van der Waals surface area contributed by atoms with Crippen LogP contribution in [0, 0.1) is 20.0 Å². The molecule has 0 spiro atoms. The molecule has 7 heavy (non-hydrogen) atoms. The van der Waals surface area contributed by atoms with Crippen molar-refractivity contribution in [3.63, 3.8) is 0 Å². The van der Waals surface area contributed by atoms with Gasteiger partial charge in [0.1, 0.15) is 0 Å². The predicted molar refractivity (Wildman–Crippen MR) is 11.8 cm³/mol. The average molecular weight is 136 g/mol. The first kappa shape index (κ1) is 29.5. The van der Waals surface area contributed by atoms with Crippen LogP contribution in [0.4, 0.5) is 0 Å². The van der Waals surface area contributed by atoms with Gasteiger partial charge in [0.25, 0.3) is 0 Å². The molecule has 0 atom stereocenters. The van der Waals surface area contributed by atoms with Gasteiger partial charge in [-0.1, -0.05) is 0 Å². The molecular weight excluding hydrogens is 136 g/mol. The molecule has 0 saturated carbocycles. The monoisotopic (exact) mass is 136 g/mol. The van der Waals surface area contributed by atoms with Gasteiger partial charge in [0, 0.05) is 0 Å². The Bertz CT molecular complexity index is 38.7. The quantitative estimate of drug-likeness (QED) is 0.329. The van der Waals surface area contributed by atoms with Gasteiger partial charge >= 0.3 is 51.3 Å². The summed E-state index contributed by atoms with van der Waals surface area (Å²) in [4.78, 5) is 0. The summed E-state index contributed by atoms with van der Waals surface area (Å²) in [6, 6.07) is 0. The van der Waals surface area contributed by atoms with Crippen molar-refractivity contribution < 1.29 is 31.3 Å². The van der Waals surface area contributed by atoms with Crippen molar-refractivity contribution in [3.05, 3.63) is 20.0 Å². The van der Waals surface area contributed by atoms with Gasteiger partial charge in [0.2, 0.25) is 0 Å². The van der Waals surface area contributed by atoms with E-state index in [0.29, 0.717) is 0 Å². The molecule has 0 N–H and O–H groups in total. The Morgan fingerprint density at radius 3 is 0.571 bits per heavy atom. The topological polar surface area (TPSA) is 59.7 Å². The Kier molecular flexibility index (Phi) is 8930. The fourth-order valence-corrected chi connectivity index (χ4v) is 0. The number of rotatable bonds is 0. The minimum absolute atomic E-state index is 0. The first-order valence-corrected chi connectivity index (χ1v) is 0.612. The van der Waals surface area contributed by atoms with E-state index in [-0.39, 0.29) is 17.4 Å². The Morgan fingerprint density at radius 1 is 0.571 bits per heavy atom. The summed E-state index contributed by atoms with van der Waals surface area (Å²) in [5.74, 6) is 0. The fourth-order valence-electron chi connectivity index (χ4n) is 0. The second kappa shape index (κ2) is 2120. The van der Waals surface area contributed by atoms with E-state index in [2.05, 4.69) is 20.0 Å². The van der Waals surface area contributed by atoms with Crippen LogP contribution in [0.15, 0.2) is 0 Å². The van der Waals surface area contributed by atoms with Crippen molar-refractivity contribution in [3.8, 4) is 0 Å². The van der Waals surface area contributed by atoms with Gasteiger partial charge in [-0.2, -0.15) is 0 Å². The van der Waals surface area contributed by atoms with Crippen LogP contribution in [0.2, 0.25) is 0 Å². The van der Waals surface area contributed by atoms with Gasteiger partial charge in [-0.25, -0.2) is 0 Å². The molecule has 0 aromatic rings. The zero-order valence-electron chi connectivity index (χ0n) is 3.13. The molecule has 0 aliphatic carbocycles. The van der Waals surface area contributed by atoms with Crippen LogP contribution in [0.25, 0.3) is 0 Å². The molecule has 0 aliphatic heterocycles. The van der Waals surface area contributed by atoms with Crippen molar-refractivity contribution in [1.82, 2.24) is 0 Å². The Labute approximate surface area is 52.0 Å². The molecule has 3 nitrogen and oxygen atoms in total. The first-order chi connectivity index (χ1) is 3.00. The van der Waals surface area contributed by atoms with Gasteiger partial charge in [0.15, 0.2) is 0 Å². The molecule has 0 aromatic heterocycles. The molecular formula is C3CrO3+3. The maximum Gasteiger partial charge on any atom is 3.00 e. The summed E-state index contributed by atoms with van der Waals surface area (Å²) in [5.41, 5.74) is 0. The van der Waals surface area contributed by atoms with E-state index in [1.165, 1.54) is 0 Å². The van der Waals surface area contributed by atoms with Crippen molar-refractivity contribution >= 4 is 0 Å². The maximum atomic E-state index is 7.50. The van der Waals surface area contributed by atoms with Crippen LogP contribution in [0.3, 0.4) is 0 Å². The summed E-state index contributed by atoms with van der Waals surface area (Å²) in [5, 5.41) is 0. The van der Waals surface area contributed by atoms with Crippen molar-refractivity contribution in [2.75, 3.05) is 0 Å². The third kappa shape index (κ3) is 1320. The molecule has 0 amide bonds. The van der Waals surface area contributed by atoms with Gasteiger partial charge in [-0.3, -0.25) is 0 Å². The van der Waals surface area contributed by atoms with E-state index in [1.54, 1.807) is 0 Å². The summed E-state index contributed by atoms with van der Waals surface area (Å²) < 4.78 is 22.5. The number of hydrogen-bond acceptors (Lipinski definition) is 0. The predicted octanol–water partition coefficient (Wildman–Crippen LogP) is -0.115. The minimum Gasteiger partial charge on any atom is 3.00 e. The van der Waals surface area contributed by atoms with E-state index < -0.39 is 0 Å². The van der Waals surface area contributed by atoms with Gasteiger partial charge in [-0.05, 0) is 0 Å². The molecule has 0 rings (SSSR count). The van der Waals surface area contributed by atoms with Crippen LogP contribution < -0.4 is 0 Å². The van der Waals surface area contributed by atoms with Gasteiger partial charge in [-0.15, -0.1) is 0 Å². The Morgan fingerprint density at radius 2 is 0.571 bits per heavy atom. The van der Waals surface area contributed by atoms with Crippen LogP contribution in [-0.4, -0.2) is 0 Å². The molecule has 0 bridgehead atoms. The van der Waals surface area contributed by atoms with Gasteiger partial charge < -0.3 is 0 Å². The molecule has 0 unspecified atom stereocenters. The summed E-state index contributed by atoms with van der Waals surface area (Å²) in [6.45, 7) is 13.5. The average Bonchev–Trinajstić information content (AvgIpc) is 1.81. The second-order valence-electron chi connectivity index (χ2n) is 0. The Balaban J connectivity index is -0.00000000900. The van der Waals surface area contributed by atoms with E-state index in [4.69, 9.17) is 14.0 Å². The van der Waals surface area contributed by atoms with Crippen molar-refractivity contribution in [2.24, 2.45) is 0 Å². The molecule has 0 fully saturated rings. The molecule has 0 aromatic carbocycles. The van der Waals surface area contributed by atoms with Crippen molar-refractivity contribution in [1.29, 1.82) is 0 Å². The zero-order valence-corrected chi connectivity index (χ0v) is 4.41. The molecule has 1 radical (unpaired) electrons. The summed E-state index contributed by atoms with van der Waals surface area (Å²) in [6.07, 6.45) is 0. The minimum atomic E-state index is 0. The van der Waals surface area contributed by atoms with Crippen molar-refractivity contribution in [2.45, 2.75) is 0 Å². The zero-order chi connectivity index (χ0) is 6.00. The van der Waals surface area contributed by atoms with E-state index >= 15 is 0 Å².